The van der Waals surface area contributed by atoms with E-state index < -0.39 is 23.5 Å². The van der Waals surface area contributed by atoms with E-state index in [4.69, 9.17) is 4.52 Å². The molecule has 0 radical (unpaired) electrons. The molecular formula is C22H19F4N3O2. The van der Waals surface area contributed by atoms with Gasteiger partial charge in [0.05, 0.1) is 17.1 Å². The van der Waals surface area contributed by atoms with Crippen molar-refractivity contribution in [3.63, 3.8) is 0 Å². The van der Waals surface area contributed by atoms with Crippen LogP contribution in [0.4, 0.5) is 23.2 Å². The molecule has 2 aromatic heterocycles. The van der Waals surface area contributed by atoms with Gasteiger partial charge < -0.3 is 9.84 Å². The Labute approximate surface area is 175 Å². The zero-order valence-corrected chi connectivity index (χ0v) is 16.6. The number of hydrogen-bond acceptors (Lipinski definition) is 4. The summed E-state index contributed by atoms with van der Waals surface area (Å²) in [6.45, 7) is 1.64. The van der Waals surface area contributed by atoms with Gasteiger partial charge >= 0.3 is 0 Å². The molecule has 0 atom stereocenters. The number of carbonyl (C=O) groups excluding carboxylic acids is 1. The zero-order valence-electron chi connectivity index (χ0n) is 16.6. The first-order valence-electron chi connectivity index (χ1n) is 9.80. The molecule has 1 aromatic carbocycles. The van der Waals surface area contributed by atoms with Crippen LogP contribution in [-0.4, -0.2) is 22.0 Å². The molecule has 1 N–H and O–H groups in total. The summed E-state index contributed by atoms with van der Waals surface area (Å²) in [5, 5.41) is 6.33. The van der Waals surface area contributed by atoms with Gasteiger partial charge in [0.25, 0.3) is 5.91 Å². The number of nitrogens with one attached hydrogen (secondary N) is 1. The predicted octanol–water partition coefficient (Wildman–Crippen LogP) is 5.87. The van der Waals surface area contributed by atoms with Crippen LogP contribution >= 0.6 is 0 Å². The quantitative estimate of drug-likeness (QED) is 0.523. The smallest absolute Gasteiger partial charge is 0.294 e. The van der Waals surface area contributed by atoms with E-state index in [1.54, 1.807) is 6.92 Å². The van der Waals surface area contributed by atoms with Crippen molar-refractivity contribution in [3.05, 3.63) is 65.3 Å². The van der Waals surface area contributed by atoms with Gasteiger partial charge in [-0.1, -0.05) is 5.16 Å². The molecule has 2 heterocycles. The first-order chi connectivity index (χ1) is 14.7. The van der Waals surface area contributed by atoms with Gasteiger partial charge in [0, 0.05) is 42.1 Å². The van der Waals surface area contributed by atoms with E-state index in [0.717, 1.165) is 18.2 Å². The lowest BCUT2D eigenvalue weighted by Crippen LogP contribution is -2.25. The molecule has 0 spiro atoms. The summed E-state index contributed by atoms with van der Waals surface area (Å²) >= 11 is 0. The third-order valence-corrected chi connectivity index (χ3v) is 5.39. The van der Waals surface area contributed by atoms with Crippen LogP contribution in [0.15, 0.2) is 41.1 Å². The normalized spacial score (nSPS) is 16.3. The Kier molecular flexibility index (Phi) is 5.51. The Morgan fingerprint density at radius 1 is 1.13 bits per heavy atom. The minimum absolute atomic E-state index is 0.0751. The Hall–Kier alpha value is -3.23. The maximum absolute atomic E-state index is 14.5. The first-order valence-corrected chi connectivity index (χ1v) is 9.80. The van der Waals surface area contributed by atoms with Gasteiger partial charge in [-0.3, -0.25) is 9.78 Å². The molecule has 1 fully saturated rings. The van der Waals surface area contributed by atoms with Gasteiger partial charge in [-0.25, -0.2) is 17.6 Å². The number of amides is 1. The largest absolute Gasteiger partial charge is 0.351 e. The monoisotopic (exact) mass is 433 g/mol. The van der Waals surface area contributed by atoms with Crippen molar-refractivity contribution >= 4 is 11.6 Å². The van der Waals surface area contributed by atoms with Crippen LogP contribution in [0.5, 0.6) is 0 Å². The number of aromatic nitrogens is 2. The van der Waals surface area contributed by atoms with Gasteiger partial charge in [-0.2, -0.15) is 0 Å². The van der Waals surface area contributed by atoms with E-state index in [1.165, 1.54) is 18.3 Å². The summed E-state index contributed by atoms with van der Waals surface area (Å²) in [6.07, 6.45) is 1.08. The Bertz CT molecular complexity index is 1120. The summed E-state index contributed by atoms with van der Waals surface area (Å²) in [7, 11) is 0. The molecule has 3 aromatic rings. The number of halogens is 4. The fourth-order valence-corrected chi connectivity index (χ4v) is 3.81. The van der Waals surface area contributed by atoms with E-state index in [2.05, 4.69) is 15.5 Å². The molecule has 162 valence electrons. The van der Waals surface area contributed by atoms with Gasteiger partial charge in [0.1, 0.15) is 11.6 Å². The van der Waals surface area contributed by atoms with E-state index in [1.807, 2.05) is 0 Å². The number of nitrogens with zero attached hydrogens (tertiary/aromatic N) is 2. The average Bonchev–Trinajstić information content (AvgIpc) is 3.17. The highest BCUT2D eigenvalue weighted by atomic mass is 19.3. The summed E-state index contributed by atoms with van der Waals surface area (Å²) < 4.78 is 60.7. The van der Waals surface area contributed by atoms with Gasteiger partial charge in [-0.15, -0.1) is 0 Å². The predicted molar refractivity (Wildman–Crippen MR) is 105 cm³/mol. The topological polar surface area (TPSA) is 68.0 Å². The van der Waals surface area contributed by atoms with Crippen LogP contribution in [0.1, 0.15) is 53.5 Å². The van der Waals surface area contributed by atoms with Gasteiger partial charge in [0.2, 0.25) is 11.7 Å². The van der Waals surface area contributed by atoms with E-state index in [9.17, 15) is 22.4 Å². The standard InChI is InChI=1S/C22H19F4N3O2/c1-12-10-18(31-29-12)21(30)28-20-15(16-11-14(23)2-3-17(16)24)6-9-27-19(20)13-4-7-22(25,26)8-5-13/h2-3,6,9-11,13H,4-5,7-8H2,1H3,(H,28,30). The van der Waals surface area contributed by atoms with Crippen molar-refractivity contribution in [2.45, 2.75) is 44.4 Å². The van der Waals surface area contributed by atoms with Crippen molar-refractivity contribution in [3.8, 4) is 11.1 Å². The van der Waals surface area contributed by atoms with E-state index in [-0.39, 0.29) is 54.2 Å². The number of carbonyl (C=O) groups is 1. The first kappa shape index (κ1) is 21.0. The summed E-state index contributed by atoms with van der Waals surface area (Å²) in [4.78, 5) is 17.1. The van der Waals surface area contributed by atoms with Crippen molar-refractivity contribution in [1.29, 1.82) is 0 Å². The average molecular weight is 433 g/mol. The van der Waals surface area contributed by atoms with E-state index >= 15 is 0 Å². The number of rotatable bonds is 4. The highest BCUT2D eigenvalue weighted by molar-refractivity contribution is 6.05. The fraction of sp³-hybridized carbons (Fsp3) is 0.318. The molecular weight excluding hydrogens is 414 g/mol. The van der Waals surface area contributed by atoms with Crippen LogP contribution in [-0.2, 0) is 0 Å². The number of anilines is 1. The van der Waals surface area contributed by atoms with Crippen molar-refractivity contribution in [2.75, 3.05) is 5.32 Å². The van der Waals surface area contributed by atoms with Crippen LogP contribution in [0.3, 0.4) is 0 Å². The second-order valence-electron chi connectivity index (χ2n) is 7.66. The molecule has 31 heavy (non-hydrogen) atoms. The molecule has 4 rings (SSSR count). The maximum atomic E-state index is 14.5. The van der Waals surface area contributed by atoms with Gasteiger partial charge in [0.15, 0.2) is 0 Å². The number of benzene rings is 1. The highest BCUT2D eigenvalue weighted by Crippen LogP contribution is 2.44. The molecule has 1 saturated carbocycles. The number of alkyl halides is 2. The van der Waals surface area contributed by atoms with Crippen LogP contribution in [0.25, 0.3) is 11.1 Å². The SMILES string of the molecule is Cc1cc(C(=O)Nc2c(-c3cc(F)ccc3F)ccnc2C2CCC(F)(F)CC2)on1. The summed E-state index contributed by atoms with van der Waals surface area (Å²) in [5.74, 6) is -5.20. The second-order valence-corrected chi connectivity index (χ2v) is 7.66. The molecule has 1 aliphatic rings. The Morgan fingerprint density at radius 3 is 2.55 bits per heavy atom. The molecule has 0 unspecified atom stereocenters. The van der Waals surface area contributed by atoms with Crippen LogP contribution in [0, 0.1) is 18.6 Å². The second kappa shape index (κ2) is 8.13. The Balaban J connectivity index is 1.79. The molecule has 9 heteroatoms. The number of aryl methyl sites for hydroxylation is 1. The fourth-order valence-electron chi connectivity index (χ4n) is 3.81. The highest BCUT2D eigenvalue weighted by Gasteiger charge is 2.37. The van der Waals surface area contributed by atoms with Crippen LogP contribution in [0.2, 0.25) is 0 Å². The third-order valence-electron chi connectivity index (χ3n) is 5.39. The zero-order chi connectivity index (χ0) is 22.2. The molecule has 0 aliphatic heterocycles. The lowest BCUT2D eigenvalue weighted by molar-refractivity contribution is -0.0384. The van der Waals surface area contributed by atoms with Crippen molar-refractivity contribution in [2.24, 2.45) is 0 Å². The van der Waals surface area contributed by atoms with Crippen molar-refractivity contribution < 1.29 is 26.9 Å². The van der Waals surface area contributed by atoms with E-state index in [0.29, 0.717) is 11.4 Å². The molecule has 1 aliphatic carbocycles. The third kappa shape index (κ3) is 4.45. The maximum Gasteiger partial charge on any atom is 0.294 e. The minimum Gasteiger partial charge on any atom is -0.351 e. The minimum atomic E-state index is -2.75. The molecule has 0 bridgehead atoms. The summed E-state index contributed by atoms with van der Waals surface area (Å²) in [6, 6.07) is 5.85. The number of hydrogen-bond donors (Lipinski definition) is 1. The lowest BCUT2D eigenvalue weighted by atomic mass is 9.83. The molecule has 1 amide bonds. The molecule has 0 saturated heterocycles. The van der Waals surface area contributed by atoms with Crippen molar-refractivity contribution in [1.82, 2.24) is 10.1 Å². The number of pyridine rings is 1. The van der Waals surface area contributed by atoms with Gasteiger partial charge in [-0.05, 0) is 44.0 Å². The molecule has 5 nitrogen and oxygen atoms in total. The Morgan fingerprint density at radius 2 is 1.87 bits per heavy atom. The lowest BCUT2D eigenvalue weighted by Gasteiger charge is -2.29. The summed E-state index contributed by atoms with van der Waals surface area (Å²) in [5.41, 5.74) is 1.10. The van der Waals surface area contributed by atoms with Crippen LogP contribution < -0.4 is 5.32 Å².